The monoisotopic (exact) mass is 420 g/mol. The number of aryl methyl sites for hydroxylation is 1. The van der Waals surface area contributed by atoms with Crippen LogP contribution >= 0.6 is 11.3 Å². The van der Waals surface area contributed by atoms with Crippen molar-refractivity contribution in [1.29, 1.82) is 0 Å². The molecule has 0 radical (unpaired) electrons. The summed E-state index contributed by atoms with van der Waals surface area (Å²) in [4.78, 5) is 1.04. The van der Waals surface area contributed by atoms with E-state index in [1.54, 1.807) is 6.07 Å². The molecule has 2 nitrogen and oxygen atoms in total. The maximum atomic E-state index is 14.7. The molecular formula is C19H14F6O2S. The van der Waals surface area contributed by atoms with Gasteiger partial charge in [0, 0.05) is 22.6 Å². The Bertz CT molecular complexity index is 973. The van der Waals surface area contributed by atoms with Crippen molar-refractivity contribution in [3.63, 3.8) is 0 Å². The highest BCUT2D eigenvalue weighted by atomic mass is 32.1. The summed E-state index contributed by atoms with van der Waals surface area (Å²) in [6, 6.07) is 6.21. The molecule has 0 saturated carbocycles. The fraction of sp³-hybridized carbons (Fsp3) is 0.263. The fourth-order valence-electron chi connectivity index (χ4n) is 2.64. The summed E-state index contributed by atoms with van der Waals surface area (Å²) in [5, 5.41) is 0.750. The molecule has 1 aromatic heterocycles. The van der Waals surface area contributed by atoms with Crippen LogP contribution in [0, 0.1) is 17.5 Å². The first-order chi connectivity index (χ1) is 13.2. The van der Waals surface area contributed by atoms with Gasteiger partial charge >= 0.3 is 6.36 Å². The topological polar surface area (TPSA) is 18.5 Å². The van der Waals surface area contributed by atoms with E-state index in [0.717, 1.165) is 23.1 Å². The van der Waals surface area contributed by atoms with Crippen molar-refractivity contribution in [2.45, 2.75) is 32.7 Å². The van der Waals surface area contributed by atoms with Crippen molar-refractivity contribution in [3.05, 3.63) is 58.2 Å². The summed E-state index contributed by atoms with van der Waals surface area (Å²) >= 11 is 1.32. The van der Waals surface area contributed by atoms with Crippen molar-refractivity contribution in [3.8, 4) is 11.5 Å². The lowest BCUT2D eigenvalue weighted by molar-refractivity contribution is -0.276. The molecule has 9 heteroatoms. The minimum Gasteiger partial charge on any atom is -0.489 e. The van der Waals surface area contributed by atoms with E-state index < -0.39 is 29.6 Å². The molecule has 0 aliphatic carbocycles. The van der Waals surface area contributed by atoms with Crippen LogP contribution in [0.2, 0.25) is 0 Å². The van der Waals surface area contributed by atoms with Gasteiger partial charge in [-0.2, -0.15) is 0 Å². The van der Waals surface area contributed by atoms with Crippen LogP contribution in [-0.2, 0) is 13.0 Å². The van der Waals surface area contributed by atoms with Gasteiger partial charge < -0.3 is 9.47 Å². The number of halogens is 6. The normalized spacial score (nSPS) is 11.8. The van der Waals surface area contributed by atoms with Crippen LogP contribution in [0.4, 0.5) is 26.3 Å². The number of benzene rings is 2. The van der Waals surface area contributed by atoms with Gasteiger partial charge in [-0.05, 0) is 17.9 Å². The second-order valence-electron chi connectivity index (χ2n) is 5.97. The molecule has 0 amide bonds. The van der Waals surface area contributed by atoms with Crippen LogP contribution in [0.15, 0.2) is 30.3 Å². The Balaban J connectivity index is 1.79. The summed E-state index contributed by atoms with van der Waals surface area (Å²) < 4.78 is 87.5. The summed E-state index contributed by atoms with van der Waals surface area (Å²) in [7, 11) is 0. The number of ether oxygens (including phenoxy) is 2. The van der Waals surface area contributed by atoms with Crippen molar-refractivity contribution >= 4 is 21.4 Å². The number of hydrogen-bond donors (Lipinski definition) is 0. The Labute approximate surface area is 160 Å². The Kier molecular flexibility index (Phi) is 5.74. The smallest absolute Gasteiger partial charge is 0.489 e. The average Bonchev–Trinajstić information content (AvgIpc) is 3.01. The Morgan fingerprint density at radius 2 is 1.68 bits per heavy atom. The van der Waals surface area contributed by atoms with Crippen molar-refractivity contribution in [1.82, 2.24) is 0 Å². The van der Waals surface area contributed by atoms with Crippen LogP contribution in [0.25, 0.3) is 10.1 Å². The molecule has 0 bridgehead atoms. The molecule has 28 heavy (non-hydrogen) atoms. The zero-order chi connectivity index (χ0) is 20.5. The first kappa shape index (κ1) is 20.3. The van der Waals surface area contributed by atoms with Gasteiger partial charge in [-0.1, -0.05) is 25.5 Å². The van der Waals surface area contributed by atoms with Gasteiger partial charge in [0.05, 0.1) is 4.70 Å². The number of rotatable bonds is 6. The highest BCUT2D eigenvalue weighted by Crippen LogP contribution is 2.33. The van der Waals surface area contributed by atoms with Crippen LogP contribution in [0.5, 0.6) is 11.5 Å². The molecular weight excluding hydrogens is 406 g/mol. The highest BCUT2D eigenvalue weighted by Gasteiger charge is 2.34. The lowest BCUT2D eigenvalue weighted by Gasteiger charge is -2.13. The van der Waals surface area contributed by atoms with E-state index in [1.807, 2.05) is 13.0 Å². The number of thiophene rings is 1. The van der Waals surface area contributed by atoms with Crippen molar-refractivity contribution in [2.24, 2.45) is 0 Å². The molecule has 2 aromatic carbocycles. The predicted molar refractivity (Wildman–Crippen MR) is 93.2 cm³/mol. The molecule has 0 saturated heterocycles. The van der Waals surface area contributed by atoms with Crippen molar-refractivity contribution < 1.29 is 35.8 Å². The van der Waals surface area contributed by atoms with Crippen LogP contribution in [0.1, 0.15) is 23.8 Å². The first-order valence-electron chi connectivity index (χ1n) is 8.25. The van der Waals surface area contributed by atoms with Gasteiger partial charge in [-0.25, -0.2) is 13.2 Å². The third-order valence-corrected chi connectivity index (χ3v) is 5.04. The fourth-order valence-corrected chi connectivity index (χ4v) is 3.86. The quantitative estimate of drug-likeness (QED) is 0.411. The lowest BCUT2D eigenvalue weighted by Crippen LogP contribution is -2.19. The maximum absolute atomic E-state index is 14.7. The lowest BCUT2D eigenvalue weighted by atomic mass is 10.1. The summed E-state index contributed by atoms with van der Waals surface area (Å²) in [5.41, 5.74) is 0.161. The molecule has 0 unspecified atom stereocenters. The van der Waals surface area contributed by atoms with E-state index in [0.29, 0.717) is 16.8 Å². The Morgan fingerprint density at radius 3 is 2.29 bits per heavy atom. The second-order valence-corrected chi connectivity index (χ2v) is 7.11. The van der Waals surface area contributed by atoms with E-state index in [9.17, 15) is 26.3 Å². The molecule has 150 valence electrons. The van der Waals surface area contributed by atoms with Crippen LogP contribution in [0.3, 0.4) is 0 Å². The third kappa shape index (κ3) is 4.52. The highest BCUT2D eigenvalue weighted by molar-refractivity contribution is 7.19. The predicted octanol–water partition coefficient (Wildman–Crippen LogP) is 6.75. The van der Waals surface area contributed by atoms with E-state index >= 15 is 0 Å². The SMILES string of the molecule is CCCc1cc2ccc(COc3cc(F)c(OC(F)(F)F)c(F)c3)c(F)c2s1. The molecule has 0 aliphatic heterocycles. The first-order valence-corrected chi connectivity index (χ1v) is 9.07. The van der Waals surface area contributed by atoms with Gasteiger partial charge in [0.15, 0.2) is 11.6 Å². The van der Waals surface area contributed by atoms with Gasteiger partial charge in [-0.15, -0.1) is 24.5 Å². The Hall–Kier alpha value is -2.42. The molecule has 0 N–H and O–H groups in total. The van der Waals surface area contributed by atoms with Gasteiger partial charge in [0.2, 0.25) is 5.75 Å². The number of alkyl halides is 3. The maximum Gasteiger partial charge on any atom is 0.573 e. The van der Waals surface area contributed by atoms with E-state index in [-0.39, 0.29) is 17.9 Å². The standard InChI is InChI=1S/C19H14F6O2S/c1-2-3-13-6-10-4-5-11(16(22)18(10)28-13)9-26-12-7-14(20)17(15(21)8-12)27-19(23,24)25/h4-8H,2-3,9H2,1H3. The zero-order valence-corrected chi connectivity index (χ0v) is 15.3. The summed E-state index contributed by atoms with van der Waals surface area (Å²) in [6.45, 7) is 1.67. The van der Waals surface area contributed by atoms with E-state index in [2.05, 4.69) is 4.74 Å². The third-order valence-electron chi connectivity index (χ3n) is 3.84. The molecule has 0 spiro atoms. The molecule has 1 heterocycles. The minimum absolute atomic E-state index is 0.161. The molecule has 3 rings (SSSR count). The molecule has 0 fully saturated rings. The van der Waals surface area contributed by atoms with Gasteiger partial charge in [-0.3, -0.25) is 0 Å². The number of fused-ring (bicyclic) bond motifs is 1. The molecule has 3 aromatic rings. The van der Waals surface area contributed by atoms with Crippen LogP contribution in [-0.4, -0.2) is 6.36 Å². The Morgan fingerprint density at radius 1 is 1.00 bits per heavy atom. The molecule has 0 atom stereocenters. The summed E-state index contributed by atoms with van der Waals surface area (Å²) in [6.07, 6.45) is -3.48. The largest absolute Gasteiger partial charge is 0.573 e. The second kappa shape index (κ2) is 7.90. The molecule has 0 aliphatic rings. The number of hydrogen-bond acceptors (Lipinski definition) is 3. The average molecular weight is 420 g/mol. The minimum atomic E-state index is -5.24. The van der Waals surface area contributed by atoms with Crippen LogP contribution < -0.4 is 9.47 Å². The van der Waals surface area contributed by atoms with E-state index in [4.69, 9.17) is 4.74 Å². The van der Waals surface area contributed by atoms with E-state index in [1.165, 1.54) is 17.4 Å². The van der Waals surface area contributed by atoms with Gasteiger partial charge in [0.1, 0.15) is 18.2 Å². The summed E-state index contributed by atoms with van der Waals surface area (Å²) in [5.74, 6) is -5.62. The van der Waals surface area contributed by atoms with Gasteiger partial charge in [0.25, 0.3) is 0 Å². The van der Waals surface area contributed by atoms with Crippen molar-refractivity contribution in [2.75, 3.05) is 0 Å². The zero-order valence-electron chi connectivity index (χ0n) is 14.5.